The quantitative estimate of drug-likeness (QED) is 0.734. The molecule has 1 saturated carbocycles. The van der Waals surface area contributed by atoms with Crippen molar-refractivity contribution in [3.63, 3.8) is 0 Å². The van der Waals surface area contributed by atoms with Gasteiger partial charge in [-0.3, -0.25) is 4.90 Å². The van der Waals surface area contributed by atoms with Crippen LogP contribution < -0.4 is 5.32 Å². The van der Waals surface area contributed by atoms with Crippen LogP contribution in [0, 0.1) is 5.92 Å². The molecule has 0 saturated heterocycles. The summed E-state index contributed by atoms with van der Waals surface area (Å²) in [6, 6.07) is 1.97. The van der Waals surface area contributed by atoms with Crippen LogP contribution in [-0.2, 0) is 4.74 Å². The SMILES string of the molecule is CCC1CCC(NC)C(N(CCOC)C(C)CC)C1. The number of hydrogen-bond acceptors (Lipinski definition) is 3. The van der Waals surface area contributed by atoms with Crippen LogP contribution >= 0.6 is 0 Å². The lowest BCUT2D eigenvalue weighted by molar-refractivity contribution is 0.0414. The first-order valence-corrected chi connectivity index (χ1v) is 8.09. The second kappa shape index (κ2) is 8.93. The zero-order chi connectivity index (χ0) is 14.3. The second-order valence-electron chi connectivity index (χ2n) is 6.04. The third-order valence-corrected chi connectivity index (χ3v) is 5.01. The zero-order valence-electron chi connectivity index (χ0n) is 13.6. The molecular formula is C16H34N2O. The Morgan fingerprint density at radius 3 is 2.58 bits per heavy atom. The van der Waals surface area contributed by atoms with Crippen LogP contribution in [0.4, 0.5) is 0 Å². The van der Waals surface area contributed by atoms with Crippen molar-refractivity contribution in [3.8, 4) is 0 Å². The van der Waals surface area contributed by atoms with Crippen molar-refractivity contribution in [3.05, 3.63) is 0 Å². The van der Waals surface area contributed by atoms with E-state index in [0.717, 1.165) is 19.1 Å². The molecule has 0 spiro atoms. The van der Waals surface area contributed by atoms with Crippen molar-refractivity contribution in [1.82, 2.24) is 10.2 Å². The van der Waals surface area contributed by atoms with E-state index in [-0.39, 0.29) is 0 Å². The van der Waals surface area contributed by atoms with Crippen molar-refractivity contribution < 1.29 is 4.74 Å². The Bertz CT molecular complexity index is 235. The van der Waals surface area contributed by atoms with Crippen molar-refractivity contribution in [2.24, 2.45) is 5.92 Å². The van der Waals surface area contributed by atoms with E-state index < -0.39 is 0 Å². The van der Waals surface area contributed by atoms with Gasteiger partial charge in [-0.05, 0) is 45.6 Å². The lowest BCUT2D eigenvalue weighted by Crippen LogP contribution is -2.55. The molecule has 0 aromatic heterocycles. The van der Waals surface area contributed by atoms with Gasteiger partial charge < -0.3 is 10.1 Å². The van der Waals surface area contributed by atoms with Crippen LogP contribution in [0.5, 0.6) is 0 Å². The van der Waals surface area contributed by atoms with Gasteiger partial charge in [-0.1, -0.05) is 20.3 Å². The van der Waals surface area contributed by atoms with Gasteiger partial charge in [0.15, 0.2) is 0 Å². The van der Waals surface area contributed by atoms with E-state index >= 15 is 0 Å². The monoisotopic (exact) mass is 270 g/mol. The molecule has 4 unspecified atom stereocenters. The van der Waals surface area contributed by atoms with Gasteiger partial charge in [0.05, 0.1) is 6.61 Å². The number of nitrogens with one attached hydrogen (secondary N) is 1. The molecule has 19 heavy (non-hydrogen) atoms. The molecule has 0 radical (unpaired) electrons. The van der Waals surface area contributed by atoms with Gasteiger partial charge in [-0.2, -0.15) is 0 Å². The molecule has 3 heteroatoms. The standard InChI is InChI=1S/C16H34N2O/c1-6-13(3)18(10-11-19-5)16-12-14(7-2)8-9-15(16)17-4/h13-17H,6-12H2,1-5H3. The predicted octanol–water partition coefficient (Wildman–Crippen LogP) is 2.90. The van der Waals surface area contributed by atoms with Crippen LogP contribution in [0.25, 0.3) is 0 Å². The number of likely N-dealkylation sites (N-methyl/N-ethyl adjacent to an activating group) is 1. The topological polar surface area (TPSA) is 24.5 Å². The van der Waals surface area contributed by atoms with Crippen LogP contribution in [0.2, 0.25) is 0 Å². The first kappa shape index (κ1) is 16.9. The molecule has 1 aliphatic carbocycles. The van der Waals surface area contributed by atoms with Gasteiger partial charge in [-0.25, -0.2) is 0 Å². The Labute approximate surface area is 120 Å². The molecule has 1 rings (SSSR count). The first-order chi connectivity index (χ1) is 9.17. The second-order valence-corrected chi connectivity index (χ2v) is 6.04. The Balaban J connectivity index is 2.75. The summed E-state index contributed by atoms with van der Waals surface area (Å²) < 4.78 is 5.32. The number of nitrogens with zero attached hydrogens (tertiary/aromatic N) is 1. The van der Waals surface area contributed by atoms with Crippen LogP contribution in [-0.4, -0.2) is 50.3 Å². The van der Waals surface area contributed by atoms with E-state index in [1.54, 1.807) is 7.11 Å². The van der Waals surface area contributed by atoms with Crippen LogP contribution in [0.1, 0.15) is 52.9 Å². The number of methoxy groups -OCH3 is 1. The summed E-state index contributed by atoms with van der Waals surface area (Å²) in [5, 5.41) is 3.55. The highest BCUT2D eigenvalue weighted by atomic mass is 16.5. The van der Waals surface area contributed by atoms with Gasteiger partial charge in [0.2, 0.25) is 0 Å². The van der Waals surface area contributed by atoms with E-state index in [1.165, 1.54) is 32.1 Å². The maximum atomic E-state index is 5.32. The van der Waals surface area contributed by atoms with Gasteiger partial charge in [-0.15, -0.1) is 0 Å². The molecule has 3 nitrogen and oxygen atoms in total. The smallest absolute Gasteiger partial charge is 0.0589 e. The first-order valence-electron chi connectivity index (χ1n) is 8.09. The number of hydrogen-bond donors (Lipinski definition) is 1. The van der Waals surface area contributed by atoms with Gasteiger partial charge in [0.1, 0.15) is 0 Å². The average Bonchev–Trinajstić information content (AvgIpc) is 2.46. The van der Waals surface area contributed by atoms with Gasteiger partial charge in [0, 0.05) is 31.8 Å². The summed E-state index contributed by atoms with van der Waals surface area (Å²) in [7, 11) is 3.93. The number of ether oxygens (including phenoxy) is 1. The minimum absolute atomic E-state index is 0.645. The highest BCUT2D eigenvalue weighted by Gasteiger charge is 2.34. The molecule has 1 fully saturated rings. The third-order valence-electron chi connectivity index (χ3n) is 5.01. The molecule has 0 aromatic rings. The number of rotatable bonds is 8. The molecule has 1 N–H and O–H groups in total. The average molecular weight is 270 g/mol. The molecule has 114 valence electrons. The van der Waals surface area contributed by atoms with Crippen molar-refractivity contribution in [2.45, 2.75) is 71.0 Å². The molecular weight excluding hydrogens is 236 g/mol. The Kier molecular flexibility index (Phi) is 7.96. The third kappa shape index (κ3) is 4.73. The molecule has 1 aliphatic rings. The summed E-state index contributed by atoms with van der Waals surface area (Å²) in [6.07, 6.45) is 6.59. The van der Waals surface area contributed by atoms with E-state index in [9.17, 15) is 0 Å². The predicted molar refractivity (Wildman–Crippen MR) is 82.6 cm³/mol. The van der Waals surface area contributed by atoms with Crippen molar-refractivity contribution >= 4 is 0 Å². The molecule has 0 aromatic carbocycles. The lowest BCUT2D eigenvalue weighted by atomic mass is 9.79. The summed E-state index contributed by atoms with van der Waals surface area (Å²) >= 11 is 0. The van der Waals surface area contributed by atoms with Crippen molar-refractivity contribution in [2.75, 3.05) is 27.3 Å². The Hall–Kier alpha value is -0.120. The molecule has 0 heterocycles. The van der Waals surface area contributed by atoms with Crippen LogP contribution in [0.3, 0.4) is 0 Å². The zero-order valence-corrected chi connectivity index (χ0v) is 13.6. The van der Waals surface area contributed by atoms with E-state index in [0.29, 0.717) is 18.1 Å². The normalized spacial score (nSPS) is 29.7. The summed E-state index contributed by atoms with van der Waals surface area (Å²) in [5.74, 6) is 0.906. The van der Waals surface area contributed by atoms with Crippen molar-refractivity contribution in [1.29, 1.82) is 0 Å². The molecule has 0 aliphatic heterocycles. The van der Waals surface area contributed by atoms with E-state index in [4.69, 9.17) is 4.74 Å². The minimum atomic E-state index is 0.645. The van der Waals surface area contributed by atoms with Crippen LogP contribution in [0.15, 0.2) is 0 Å². The molecule has 4 atom stereocenters. The lowest BCUT2D eigenvalue weighted by Gasteiger charge is -2.45. The van der Waals surface area contributed by atoms with E-state index in [2.05, 4.69) is 38.0 Å². The Morgan fingerprint density at radius 2 is 2.05 bits per heavy atom. The maximum Gasteiger partial charge on any atom is 0.0589 e. The highest BCUT2D eigenvalue weighted by molar-refractivity contribution is 4.92. The fraction of sp³-hybridized carbons (Fsp3) is 1.00. The summed E-state index contributed by atoms with van der Waals surface area (Å²) in [6.45, 7) is 8.89. The molecule has 0 amide bonds. The van der Waals surface area contributed by atoms with Gasteiger partial charge in [0.25, 0.3) is 0 Å². The summed E-state index contributed by atoms with van der Waals surface area (Å²) in [4.78, 5) is 2.69. The fourth-order valence-electron chi connectivity index (χ4n) is 3.45. The Morgan fingerprint density at radius 1 is 1.32 bits per heavy atom. The largest absolute Gasteiger partial charge is 0.383 e. The molecule has 0 bridgehead atoms. The summed E-state index contributed by atoms with van der Waals surface area (Å²) in [5.41, 5.74) is 0. The maximum absolute atomic E-state index is 5.32. The highest BCUT2D eigenvalue weighted by Crippen LogP contribution is 2.31. The van der Waals surface area contributed by atoms with E-state index in [1.807, 2.05) is 0 Å². The fourth-order valence-corrected chi connectivity index (χ4v) is 3.45. The minimum Gasteiger partial charge on any atom is -0.383 e. The van der Waals surface area contributed by atoms with Gasteiger partial charge >= 0.3 is 0 Å².